The van der Waals surface area contributed by atoms with Gasteiger partial charge in [-0.1, -0.05) is 78.9 Å². The molecule has 51 heavy (non-hydrogen) atoms. The number of guanidine groups is 1. The minimum absolute atomic E-state index is 0.0788. The number of nitrogens with zero attached hydrogens (tertiary/aromatic N) is 1. The highest BCUT2D eigenvalue weighted by Gasteiger charge is 2.34. The van der Waals surface area contributed by atoms with Crippen molar-refractivity contribution in [1.29, 1.82) is 0 Å². The van der Waals surface area contributed by atoms with E-state index in [4.69, 9.17) is 11.5 Å². The lowest BCUT2D eigenvalue weighted by Gasteiger charge is -2.26. The number of hydrogen-bond acceptors (Lipinski definition) is 6. The second-order valence-corrected chi connectivity index (χ2v) is 12.5. The number of benzene rings is 3. The predicted octanol–water partition coefficient (Wildman–Crippen LogP) is 0.837. The monoisotopic (exact) mass is 693 g/mol. The van der Waals surface area contributed by atoms with Gasteiger partial charge in [-0.05, 0) is 42.5 Å². The molecule has 0 unspecified atom stereocenters. The molecule has 1 aliphatic rings. The Bertz CT molecular complexity index is 1870. The Morgan fingerprint density at radius 2 is 1.24 bits per heavy atom. The zero-order valence-electron chi connectivity index (χ0n) is 28.2. The second-order valence-electron chi connectivity index (χ2n) is 12.5. The molecule has 2 heterocycles. The number of carbonyl (C=O) groups is 5. The number of aromatic nitrogens is 1. The molecule has 3 aromatic carbocycles. The van der Waals surface area contributed by atoms with Gasteiger partial charge in [0.25, 0.3) is 0 Å². The molecule has 266 valence electrons. The molecule has 0 bridgehead atoms. The highest BCUT2D eigenvalue weighted by Crippen LogP contribution is 2.21. The van der Waals surface area contributed by atoms with E-state index in [1.54, 1.807) is 36.5 Å². The Labute approximate surface area is 295 Å². The summed E-state index contributed by atoms with van der Waals surface area (Å²) in [7, 11) is 0. The predicted molar refractivity (Wildman–Crippen MR) is 193 cm³/mol. The molecule has 0 radical (unpaired) electrons. The highest BCUT2D eigenvalue weighted by molar-refractivity contribution is 5.98. The first-order valence-electron chi connectivity index (χ1n) is 16.8. The molecule has 0 saturated carbocycles. The first-order valence-corrected chi connectivity index (χ1v) is 16.8. The molecular weight excluding hydrogens is 650 g/mol. The summed E-state index contributed by atoms with van der Waals surface area (Å²) in [6.45, 7) is 1.69. The maximum atomic E-state index is 14.1. The van der Waals surface area contributed by atoms with Gasteiger partial charge in [0.15, 0.2) is 5.96 Å². The summed E-state index contributed by atoms with van der Waals surface area (Å²) in [6, 6.07) is 19.5. The average Bonchev–Trinajstić information content (AvgIpc) is 3.53. The van der Waals surface area contributed by atoms with Crippen LogP contribution in [0.2, 0.25) is 0 Å². The summed E-state index contributed by atoms with van der Waals surface area (Å²) < 4.78 is 0. The quantitative estimate of drug-likeness (QED) is 0.0716. The number of rotatable bonds is 9. The number of aliphatic imine (C=N–C) groups is 1. The van der Waals surface area contributed by atoms with Crippen molar-refractivity contribution < 1.29 is 24.0 Å². The van der Waals surface area contributed by atoms with Crippen LogP contribution >= 0.6 is 0 Å². The van der Waals surface area contributed by atoms with E-state index in [2.05, 4.69) is 36.6 Å². The number of aromatic amines is 1. The molecule has 4 aromatic rings. The Hall–Kier alpha value is -6.18. The zero-order valence-corrected chi connectivity index (χ0v) is 28.2. The van der Waals surface area contributed by atoms with Crippen LogP contribution in [0, 0.1) is 0 Å². The Kier molecular flexibility index (Phi) is 12.0. The van der Waals surface area contributed by atoms with Gasteiger partial charge in [0, 0.05) is 36.5 Å². The van der Waals surface area contributed by atoms with Crippen LogP contribution in [0.3, 0.4) is 0 Å². The molecule has 14 heteroatoms. The van der Waals surface area contributed by atoms with Crippen LogP contribution in [-0.2, 0) is 36.8 Å². The summed E-state index contributed by atoms with van der Waals surface area (Å²) in [5, 5.41) is 14.8. The molecule has 1 saturated heterocycles. The van der Waals surface area contributed by atoms with Crippen molar-refractivity contribution in [2.45, 2.75) is 62.8 Å². The van der Waals surface area contributed by atoms with Gasteiger partial charge >= 0.3 is 0 Å². The van der Waals surface area contributed by atoms with E-state index in [-0.39, 0.29) is 31.8 Å². The molecule has 5 atom stereocenters. The SMILES string of the molecule is C[C@H]1NC(=O)[C@H](Cc2ccccc2)NC(=O)[C@@H](CCCN=C(N)N)NC(=O)[C@H](c2ccccc2)NC(=O)[C@H](Cc2c[nH]c3ccccc23)NC1=O. The van der Waals surface area contributed by atoms with Crippen LogP contribution in [0.25, 0.3) is 10.9 Å². The molecule has 10 N–H and O–H groups in total. The minimum atomic E-state index is -1.24. The lowest BCUT2D eigenvalue weighted by atomic mass is 10.0. The number of H-pyrrole nitrogens is 1. The zero-order chi connectivity index (χ0) is 36.3. The molecule has 5 rings (SSSR count). The third-order valence-electron chi connectivity index (χ3n) is 8.66. The first-order chi connectivity index (χ1) is 24.6. The molecule has 5 amide bonds. The van der Waals surface area contributed by atoms with Gasteiger partial charge in [0.1, 0.15) is 30.2 Å². The van der Waals surface area contributed by atoms with Crippen molar-refractivity contribution in [3.63, 3.8) is 0 Å². The third kappa shape index (κ3) is 9.71. The van der Waals surface area contributed by atoms with E-state index in [0.29, 0.717) is 12.0 Å². The summed E-state index contributed by atoms with van der Waals surface area (Å²) in [6.07, 6.45) is 2.39. The normalized spacial score (nSPS) is 22.0. The van der Waals surface area contributed by atoms with Gasteiger partial charge < -0.3 is 43.0 Å². The molecule has 0 spiro atoms. The Morgan fingerprint density at radius 1 is 0.647 bits per heavy atom. The lowest BCUT2D eigenvalue weighted by Crippen LogP contribution is -2.57. The van der Waals surface area contributed by atoms with Crippen molar-refractivity contribution in [3.05, 3.63) is 108 Å². The van der Waals surface area contributed by atoms with Gasteiger partial charge in [-0.15, -0.1) is 0 Å². The third-order valence-corrected chi connectivity index (χ3v) is 8.66. The number of nitrogens with one attached hydrogen (secondary N) is 6. The summed E-state index contributed by atoms with van der Waals surface area (Å²) in [5.74, 6) is -3.29. The van der Waals surface area contributed by atoms with Gasteiger partial charge in [-0.25, -0.2) is 0 Å². The van der Waals surface area contributed by atoms with Gasteiger partial charge in [-0.3, -0.25) is 29.0 Å². The van der Waals surface area contributed by atoms with Gasteiger partial charge in [-0.2, -0.15) is 0 Å². The van der Waals surface area contributed by atoms with Crippen molar-refractivity contribution in [3.8, 4) is 0 Å². The highest BCUT2D eigenvalue weighted by atomic mass is 16.2. The fourth-order valence-corrected chi connectivity index (χ4v) is 5.95. The number of amides is 5. The Morgan fingerprint density at radius 3 is 1.96 bits per heavy atom. The Balaban J connectivity index is 1.52. The number of para-hydroxylation sites is 1. The topological polar surface area (TPSA) is 226 Å². The van der Waals surface area contributed by atoms with E-state index in [1.165, 1.54) is 6.92 Å². The minimum Gasteiger partial charge on any atom is -0.370 e. The molecule has 1 aliphatic heterocycles. The van der Waals surface area contributed by atoms with E-state index >= 15 is 0 Å². The molecule has 14 nitrogen and oxygen atoms in total. The van der Waals surface area contributed by atoms with Gasteiger partial charge in [0.05, 0.1) is 0 Å². The standard InChI is InChI=1S/C37H43N9O5/c1-22-32(47)44-30(20-25-21-41-27-16-9-8-15-26(25)27)35(50)46-31(24-13-6-3-7-14-24)36(51)43-28(17-10-18-40-37(38)39)33(48)45-29(34(49)42-22)19-23-11-4-2-5-12-23/h2-9,11-16,21-22,28-31,41H,10,17-20H2,1H3,(H,42,49)(H,43,51)(H,44,47)(H,45,48)(H,46,50)(H4,38,39,40)/t22-,28-,29+,30+,31+/m1/s1. The maximum absolute atomic E-state index is 14.1. The summed E-state index contributed by atoms with van der Waals surface area (Å²) in [4.78, 5) is 76.6. The molecule has 0 aliphatic carbocycles. The summed E-state index contributed by atoms with van der Waals surface area (Å²) in [5.41, 5.74) is 13.8. The average molecular weight is 694 g/mol. The lowest BCUT2D eigenvalue weighted by molar-refractivity contribution is -0.134. The summed E-state index contributed by atoms with van der Waals surface area (Å²) >= 11 is 0. The van der Waals surface area contributed by atoms with Crippen molar-refractivity contribution >= 4 is 46.4 Å². The molecule has 1 fully saturated rings. The largest absolute Gasteiger partial charge is 0.370 e. The molecular formula is C37H43N9O5. The first kappa shape index (κ1) is 36.1. The van der Waals surface area contributed by atoms with Crippen molar-refractivity contribution in [2.24, 2.45) is 16.5 Å². The number of nitrogens with two attached hydrogens (primary N) is 2. The van der Waals surface area contributed by atoms with Crippen LogP contribution in [0.4, 0.5) is 0 Å². The van der Waals surface area contributed by atoms with E-state index in [1.807, 2.05) is 54.6 Å². The fourth-order valence-electron chi connectivity index (χ4n) is 5.95. The van der Waals surface area contributed by atoms with Crippen LogP contribution in [0.5, 0.6) is 0 Å². The van der Waals surface area contributed by atoms with E-state index < -0.39 is 59.7 Å². The van der Waals surface area contributed by atoms with Crippen LogP contribution in [-0.4, -0.2) is 71.2 Å². The smallest absolute Gasteiger partial charge is 0.247 e. The van der Waals surface area contributed by atoms with Crippen molar-refractivity contribution in [2.75, 3.05) is 6.54 Å². The number of carbonyl (C=O) groups excluding carboxylic acids is 5. The van der Waals surface area contributed by atoms with Crippen molar-refractivity contribution in [1.82, 2.24) is 31.6 Å². The van der Waals surface area contributed by atoms with E-state index in [0.717, 1.165) is 22.0 Å². The fraction of sp³-hybridized carbons (Fsp3) is 0.297. The van der Waals surface area contributed by atoms with Crippen LogP contribution in [0.1, 0.15) is 42.5 Å². The second kappa shape index (κ2) is 17.0. The van der Waals surface area contributed by atoms with E-state index in [9.17, 15) is 24.0 Å². The van der Waals surface area contributed by atoms with Crippen LogP contribution in [0.15, 0.2) is 96.1 Å². The van der Waals surface area contributed by atoms with Crippen LogP contribution < -0.4 is 38.1 Å². The van der Waals surface area contributed by atoms with Gasteiger partial charge in [0.2, 0.25) is 29.5 Å². The maximum Gasteiger partial charge on any atom is 0.247 e. The molecule has 1 aromatic heterocycles. The number of fused-ring (bicyclic) bond motifs is 1. The number of hydrogen-bond donors (Lipinski definition) is 8.